The van der Waals surface area contributed by atoms with Crippen LogP contribution in [0.5, 0.6) is 0 Å². The lowest BCUT2D eigenvalue weighted by atomic mass is 10.1. The number of benzene rings is 1. The van der Waals surface area contributed by atoms with Crippen LogP contribution in [0.1, 0.15) is 24.2 Å². The van der Waals surface area contributed by atoms with Gasteiger partial charge in [-0.3, -0.25) is 0 Å². The Balaban J connectivity index is 2.52. The van der Waals surface area contributed by atoms with Crippen LogP contribution in [0.2, 0.25) is 0 Å². The Morgan fingerprint density at radius 3 is 2.60 bits per heavy atom. The lowest BCUT2D eigenvalue weighted by molar-refractivity contribution is 0.777. The number of para-hydroxylation sites is 1. The molecule has 3 nitrogen and oxygen atoms in total. The molecule has 1 atom stereocenters. The lowest BCUT2D eigenvalue weighted by Gasteiger charge is -2.12. The normalized spacial score (nSPS) is 12.7. The minimum absolute atomic E-state index is 0.0192. The van der Waals surface area contributed by atoms with Crippen molar-refractivity contribution in [3.8, 4) is 5.69 Å². The zero-order valence-corrected chi connectivity index (χ0v) is 9.01. The fraction of sp³-hybridized carbons (Fsp3) is 0.250. The molecule has 0 amide bonds. The third kappa shape index (κ3) is 1.92. The van der Waals surface area contributed by atoms with Gasteiger partial charge in [-0.1, -0.05) is 18.2 Å². The van der Waals surface area contributed by atoms with Crippen molar-refractivity contribution in [3.63, 3.8) is 0 Å². The van der Waals surface area contributed by atoms with Crippen molar-refractivity contribution < 1.29 is 0 Å². The number of nitrogens with zero attached hydrogens (tertiary/aromatic N) is 2. The molecule has 0 saturated heterocycles. The van der Waals surface area contributed by atoms with Crippen molar-refractivity contribution in [2.45, 2.75) is 19.9 Å². The SMILES string of the molecule is Cc1ccn(-c2ccccc2C(C)N)n1. The van der Waals surface area contributed by atoms with E-state index in [4.69, 9.17) is 5.73 Å². The first-order valence-electron chi connectivity index (χ1n) is 5.05. The monoisotopic (exact) mass is 201 g/mol. The molecule has 0 spiro atoms. The van der Waals surface area contributed by atoms with Crippen LogP contribution >= 0.6 is 0 Å². The third-order valence-corrected chi connectivity index (χ3v) is 2.40. The van der Waals surface area contributed by atoms with Crippen LogP contribution in [0.25, 0.3) is 5.69 Å². The molecule has 0 aliphatic rings. The first-order valence-corrected chi connectivity index (χ1v) is 5.05. The summed E-state index contributed by atoms with van der Waals surface area (Å²) < 4.78 is 1.87. The van der Waals surface area contributed by atoms with Gasteiger partial charge in [0, 0.05) is 12.2 Å². The number of aryl methyl sites for hydroxylation is 1. The van der Waals surface area contributed by atoms with Crippen LogP contribution in [0.3, 0.4) is 0 Å². The molecule has 1 unspecified atom stereocenters. The van der Waals surface area contributed by atoms with E-state index >= 15 is 0 Å². The fourth-order valence-corrected chi connectivity index (χ4v) is 1.63. The summed E-state index contributed by atoms with van der Waals surface area (Å²) >= 11 is 0. The molecule has 0 fully saturated rings. The van der Waals surface area contributed by atoms with Gasteiger partial charge < -0.3 is 5.73 Å². The Hall–Kier alpha value is -1.61. The molecule has 0 aliphatic carbocycles. The standard InChI is InChI=1S/C12H15N3/c1-9-7-8-15(14-9)12-6-4-3-5-11(12)10(2)13/h3-8,10H,13H2,1-2H3. The van der Waals surface area contributed by atoms with Crippen molar-refractivity contribution in [2.24, 2.45) is 5.73 Å². The summed E-state index contributed by atoms with van der Waals surface area (Å²) in [4.78, 5) is 0. The Bertz CT molecular complexity index is 457. The van der Waals surface area contributed by atoms with Crippen LogP contribution in [0.15, 0.2) is 36.5 Å². The molecule has 0 bridgehead atoms. The van der Waals surface area contributed by atoms with Gasteiger partial charge in [-0.15, -0.1) is 0 Å². The minimum Gasteiger partial charge on any atom is -0.324 e. The summed E-state index contributed by atoms with van der Waals surface area (Å²) in [6, 6.07) is 10.1. The van der Waals surface area contributed by atoms with E-state index in [0.717, 1.165) is 16.9 Å². The van der Waals surface area contributed by atoms with Gasteiger partial charge in [0.15, 0.2) is 0 Å². The molecule has 0 saturated carbocycles. The summed E-state index contributed by atoms with van der Waals surface area (Å²) in [7, 11) is 0. The Morgan fingerprint density at radius 1 is 1.27 bits per heavy atom. The van der Waals surface area contributed by atoms with Crippen LogP contribution < -0.4 is 5.73 Å². The van der Waals surface area contributed by atoms with E-state index in [1.807, 2.05) is 55.1 Å². The largest absolute Gasteiger partial charge is 0.324 e. The van der Waals surface area contributed by atoms with E-state index in [1.54, 1.807) is 0 Å². The number of aromatic nitrogens is 2. The molecule has 2 aromatic rings. The van der Waals surface area contributed by atoms with E-state index in [2.05, 4.69) is 5.10 Å². The minimum atomic E-state index is 0.0192. The molecule has 3 heteroatoms. The van der Waals surface area contributed by atoms with Crippen molar-refractivity contribution in [1.82, 2.24) is 9.78 Å². The van der Waals surface area contributed by atoms with E-state index in [1.165, 1.54) is 0 Å². The Labute approximate surface area is 89.5 Å². The van der Waals surface area contributed by atoms with Crippen LogP contribution in [0, 0.1) is 6.92 Å². The second-order valence-electron chi connectivity index (χ2n) is 3.75. The number of hydrogen-bond donors (Lipinski definition) is 1. The highest BCUT2D eigenvalue weighted by molar-refractivity contribution is 5.42. The first-order chi connectivity index (χ1) is 7.18. The molecule has 1 aromatic carbocycles. The summed E-state index contributed by atoms with van der Waals surface area (Å²) in [5.41, 5.74) is 9.09. The van der Waals surface area contributed by atoms with Gasteiger partial charge in [0.2, 0.25) is 0 Å². The van der Waals surface area contributed by atoms with Gasteiger partial charge in [0.25, 0.3) is 0 Å². The van der Waals surface area contributed by atoms with Crippen LogP contribution in [0.4, 0.5) is 0 Å². The maximum absolute atomic E-state index is 5.92. The second kappa shape index (κ2) is 3.87. The zero-order valence-electron chi connectivity index (χ0n) is 9.01. The Kier molecular flexibility index (Phi) is 2.56. The molecule has 2 N–H and O–H groups in total. The highest BCUT2D eigenvalue weighted by atomic mass is 15.3. The van der Waals surface area contributed by atoms with Gasteiger partial charge >= 0.3 is 0 Å². The predicted molar refractivity (Wildman–Crippen MR) is 60.9 cm³/mol. The maximum Gasteiger partial charge on any atom is 0.0693 e. The van der Waals surface area contributed by atoms with Crippen molar-refractivity contribution in [1.29, 1.82) is 0 Å². The molecule has 78 valence electrons. The maximum atomic E-state index is 5.92. The highest BCUT2D eigenvalue weighted by Gasteiger charge is 2.07. The molecular weight excluding hydrogens is 186 g/mol. The highest BCUT2D eigenvalue weighted by Crippen LogP contribution is 2.19. The second-order valence-corrected chi connectivity index (χ2v) is 3.75. The fourth-order valence-electron chi connectivity index (χ4n) is 1.63. The first kappa shape index (κ1) is 9.93. The van der Waals surface area contributed by atoms with Crippen LogP contribution in [-0.4, -0.2) is 9.78 Å². The molecule has 2 rings (SSSR count). The Morgan fingerprint density at radius 2 is 2.00 bits per heavy atom. The number of hydrogen-bond acceptors (Lipinski definition) is 2. The summed E-state index contributed by atoms with van der Waals surface area (Å²) in [5.74, 6) is 0. The average Bonchev–Trinajstić information content (AvgIpc) is 2.65. The van der Waals surface area contributed by atoms with E-state index < -0.39 is 0 Å². The van der Waals surface area contributed by atoms with Crippen molar-refractivity contribution in [2.75, 3.05) is 0 Å². The van der Waals surface area contributed by atoms with E-state index in [9.17, 15) is 0 Å². The van der Waals surface area contributed by atoms with Gasteiger partial charge in [-0.05, 0) is 31.5 Å². The van der Waals surface area contributed by atoms with Gasteiger partial charge in [-0.2, -0.15) is 5.10 Å². The molecule has 1 heterocycles. The van der Waals surface area contributed by atoms with E-state index in [-0.39, 0.29) is 6.04 Å². The number of rotatable bonds is 2. The zero-order chi connectivity index (χ0) is 10.8. The van der Waals surface area contributed by atoms with Gasteiger partial charge in [-0.25, -0.2) is 4.68 Å². The molecule has 1 aromatic heterocycles. The smallest absolute Gasteiger partial charge is 0.0693 e. The van der Waals surface area contributed by atoms with Crippen molar-refractivity contribution >= 4 is 0 Å². The van der Waals surface area contributed by atoms with Gasteiger partial charge in [0.1, 0.15) is 0 Å². The third-order valence-electron chi connectivity index (χ3n) is 2.40. The summed E-state index contributed by atoms with van der Waals surface area (Å²) in [5, 5.41) is 4.39. The van der Waals surface area contributed by atoms with E-state index in [0.29, 0.717) is 0 Å². The summed E-state index contributed by atoms with van der Waals surface area (Å²) in [6.45, 7) is 3.96. The van der Waals surface area contributed by atoms with Crippen molar-refractivity contribution in [3.05, 3.63) is 47.8 Å². The molecule has 0 aliphatic heterocycles. The molecule has 15 heavy (non-hydrogen) atoms. The topological polar surface area (TPSA) is 43.8 Å². The molecular formula is C12H15N3. The van der Waals surface area contributed by atoms with Gasteiger partial charge in [0.05, 0.1) is 11.4 Å². The predicted octanol–water partition coefficient (Wildman–Crippen LogP) is 2.20. The summed E-state index contributed by atoms with van der Waals surface area (Å²) in [6.07, 6.45) is 1.95. The number of nitrogens with two attached hydrogens (primary N) is 1. The lowest BCUT2D eigenvalue weighted by Crippen LogP contribution is -2.10. The quantitative estimate of drug-likeness (QED) is 0.809. The average molecular weight is 201 g/mol. The van der Waals surface area contributed by atoms with Crippen LogP contribution in [-0.2, 0) is 0 Å². The molecule has 0 radical (unpaired) electrons.